The van der Waals surface area contributed by atoms with E-state index in [0.717, 1.165) is 19.4 Å². The van der Waals surface area contributed by atoms with E-state index in [2.05, 4.69) is 33.0 Å². The molecule has 2 heteroatoms. The van der Waals surface area contributed by atoms with Crippen molar-refractivity contribution in [3.05, 3.63) is 0 Å². The van der Waals surface area contributed by atoms with Crippen LogP contribution in [0.1, 0.15) is 66.2 Å². The SMILES string of the molecule is CC(C)(CCCO)CNC1CCCCC1(C)C. The highest BCUT2D eigenvalue weighted by atomic mass is 16.2. The van der Waals surface area contributed by atoms with Crippen molar-refractivity contribution in [2.24, 2.45) is 10.8 Å². The van der Waals surface area contributed by atoms with Crippen molar-refractivity contribution >= 4 is 0 Å². The van der Waals surface area contributed by atoms with Gasteiger partial charge >= 0.3 is 0 Å². The second kappa shape index (κ2) is 6.19. The zero-order chi connectivity index (χ0) is 12.9. The van der Waals surface area contributed by atoms with Crippen LogP contribution in [0.15, 0.2) is 0 Å². The lowest BCUT2D eigenvalue weighted by atomic mass is 9.73. The number of aliphatic hydroxyl groups is 1. The molecular weight excluding hydrogens is 210 g/mol. The van der Waals surface area contributed by atoms with E-state index in [1.165, 1.54) is 25.7 Å². The highest BCUT2D eigenvalue weighted by Crippen LogP contribution is 2.36. The molecule has 1 rings (SSSR count). The maximum absolute atomic E-state index is 8.91. The summed E-state index contributed by atoms with van der Waals surface area (Å²) in [4.78, 5) is 0. The van der Waals surface area contributed by atoms with E-state index < -0.39 is 0 Å². The van der Waals surface area contributed by atoms with Gasteiger partial charge in [0.2, 0.25) is 0 Å². The van der Waals surface area contributed by atoms with E-state index in [1.54, 1.807) is 0 Å². The van der Waals surface area contributed by atoms with Crippen LogP contribution >= 0.6 is 0 Å². The molecule has 0 amide bonds. The Morgan fingerprint density at radius 3 is 2.59 bits per heavy atom. The third-order valence-electron chi connectivity index (χ3n) is 4.35. The largest absolute Gasteiger partial charge is 0.396 e. The van der Waals surface area contributed by atoms with Gasteiger partial charge in [-0.15, -0.1) is 0 Å². The average molecular weight is 241 g/mol. The minimum atomic E-state index is 0.302. The number of hydrogen-bond acceptors (Lipinski definition) is 2. The molecule has 1 fully saturated rings. The highest BCUT2D eigenvalue weighted by Gasteiger charge is 2.32. The molecule has 0 radical (unpaired) electrons. The molecule has 17 heavy (non-hydrogen) atoms. The van der Waals surface area contributed by atoms with Crippen LogP contribution in [0, 0.1) is 10.8 Å². The van der Waals surface area contributed by atoms with Crippen LogP contribution in [0.5, 0.6) is 0 Å². The zero-order valence-corrected chi connectivity index (χ0v) is 12.2. The van der Waals surface area contributed by atoms with Gasteiger partial charge in [-0.25, -0.2) is 0 Å². The Morgan fingerprint density at radius 2 is 2.00 bits per heavy atom. The Balaban J connectivity index is 2.38. The molecular formula is C15H31NO. The molecule has 1 saturated carbocycles. The molecule has 1 unspecified atom stereocenters. The monoisotopic (exact) mass is 241 g/mol. The van der Waals surface area contributed by atoms with Gasteiger partial charge in [-0.05, 0) is 36.5 Å². The molecule has 0 aromatic rings. The third-order valence-corrected chi connectivity index (χ3v) is 4.35. The fourth-order valence-corrected chi connectivity index (χ4v) is 2.92. The van der Waals surface area contributed by atoms with E-state index in [0.29, 0.717) is 23.5 Å². The van der Waals surface area contributed by atoms with Crippen LogP contribution in [-0.4, -0.2) is 24.3 Å². The standard InChI is InChI=1S/C15H31NO/c1-14(2,9-7-11-17)12-16-13-8-5-6-10-15(13,3)4/h13,16-17H,5-12H2,1-4H3. The summed E-state index contributed by atoms with van der Waals surface area (Å²) in [5, 5.41) is 12.7. The van der Waals surface area contributed by atoms with E-state index in [4.69, 9.17) is 5.11 Å². The Kier molecular flexibility index (Phi) is 5.46. The van der Waals surface area contributed by atoms with Gasteiger partial charge in [-0.3, -0.25) is 0 Å². The van der Waals surface area contributed by atoms with Gasteiger partial charge in [0.1, 0.15) is 0 Å². The molecule has 0 bridgehead atoms. The lowest BCUT2D eigenvalue weighted by Gasteiger charge is -2.41. The number of nitrogens with one attached hydrogen (secondary N) is 1. The Morgan fingerprint density at radius 1 is 1.29 bits per heavy atom. The fraction of sp³-hybridized carbons (Fsp3) is 1.00. The molecule has 2 N–H and O–H groups in total. The molecule has 0 aliphatic heterocycles. The Labute approximate surface area is 107 Å². The van der Waals surface area contributed by atoms with Crippen LogP contribution < -0.4 is 5.32 Å². The fourth-order valence-electron chi connectivity index (χ4n) is 2.92. The molecule has 102 valence electrons. The lowest BCUT2D eigenvalue weighted by molar-refractivity contribution is 0.147. The second-order valence-corrected chi connectivity index (χ2v) is 7.16. The predicted octanol–water partition coefficient (Wildman–Crippen LogP) is 3.34. The van der Waals surface area contributed by atoms with Crippen molar-refractivity contribution in [2.75, 3.05) is 13.2 Å². The lowest BCUT2D eigenvalue weighted by Crippen LogP contribution is -2.47. The minimum absolute atomic E-state index is 0.302. The van der Waals surface area contributed by atoms with Crippen LogP contribution in [0.3, 0.4) is 0 Å². The first-order valence-electron chi connectivity index (χ1n) is 7.22. The topological polar surface area (TPSA) is 32.3 Å². The maximum atomic E-state index is 8.91. The molecule has 0 aromatic heterocycles. The molecule has 0 spiro atoms. The van der Waals surface area contributed by atoms with Crippen molar-refractivity contribution in [1.29, 1.82) is 0 Å². The maximum Gasteiger partial charge on any atom is 0.0431 e. The highest BCUT2D eigenvalue weighted by molar-refractivity contribution is 4.89. The van der Waals surface area contributed by atoms with Crippen LogP contribution in [0.4, 0.5) is 0 Å². The molecule has 1 aliphatic rings. The quantitative estimate of drug-likeness (QED) is 0.747. The number of aliphatic hydroxyl groups excluding tert-OH is 1. The predicted molar refractivity (Wildman–Crippen MR) is 74.1 cm³/mol. The molecule has 2 nitrogen and oxygen atoms in total. The molecule has 0 saturated heterocycles. The van der Waals surface area contributed by atoms with E-state index >= 15 is 0 Å². The summed E-state index contributed by atoms with van der Waals surface area (Å²) >= 11 is 0. The summed E-state index contributed by atoms with van der Waals surface area (Å²) in [6.07, 6.45) is 7.45. The number of rotatable bonds is 6. The molecule has 1 atom stereocenters. The Hall–Kier alpha value is -0.0800. The summed E-state index contributed by atoms with van der Waals surface area (Å²) < 4.78 is 0. The summed E-state index contributed by atoms with van der Waals surface area (Å²) in [5.41, 5.74) is 0.752. The second-order valence-electron chi connectivity index (χ2n) is 7.16. The smallest absolute Gasteiger partial charge is 0.0431 e. The first kappa shape index (κ1) is 15.0. The van der Waals surface area contributed by atoms with Crippen LogP contribution in [-0.2, 0) is 0 Å². The normalized spacial score (nSPS) is 24.9. The van der Waals surface area contributed by atoms with Gasteiger partial charge in [-0.1, -0.05) is 40.5 Å². The summed E-state index contributed by atoms with van der Waals surface area (Å²) in [6.45, 7) is 10.8. The number of hydrogen-bond donors (Lipinski definition) is 2. The summed E-state index contributed by atoms with van der Waals surface area (Å²) in [7, 11) is 0. The average Bonchev–Trinajstić information content (AvgIpc) is 2.24. The van der Waals surface area contributed by atoms with E-state index in [1.807, 2.05) is 0 Å². The van der Waals surface area contributed by atoms with Crippen molar-refractivity contribution in [3.8, 4) is 0 Å². The third kappa shape index (κ3) is 4.97. The summed E-state index contributed by atoms with van der Waals surface area (Å²) in [6, 6.07) is 0.671. The van der Waals surface area contributed by atoms with Gasteiger partial charge in [0.15, 0.2) is 0 Å². The van der Waals surface area contributed by atoms with Crippen molar-refractivity contribution in [2.45, 2.75) is 72.3 Å². The summed E-state index contributed by atoms with van der Waals surface area (Å²) in [5.74, 6) is 0. The van der Waals surface area contributed by atoms with Gasteiger partial charge in [0, 0.05) is 19.2 Å². The zero-order valence-electron chi connectivity index (χ0n) is 12.2. The van der Waals surface area contributed by atoms with Gasteiger partial charge in [0.25, 0.3) is 0 Å². The first-order chi connectivity index (χ1) is 7.87. The van der Waals surface area contributed by atoms with E-state index in [9.17, 15) is 0 Å². The van der Waals surface area contributed by atoms with Crippen molar-refractivity contribution < 1.29 is 5.11 Å². The molecule has 1 aliphatic carbocycles. The minimum Gasteiger partial charge on any atom is -0.396 e. The first-order valence-corrected chi connectivity index (χ1v) is 7.22. The van der Waals surface area contributed by atoms with Crippen molar-refractivity contribution in [3.63, 3.8) is 0 Å². The van der Waals surface area contributed by atoms with Crippen molar-refractivity contribution in [1.82, 2.24) is 5.32 Å². The van der Waals surface area contributed by atoms with E-state index in [-0.39, 0.29) is 0 Å². The van der Waals surface area contributed by atoms with Gasteiger partial charge in [0.05, 0.1) is 0 Å². The van der Waals surface area contributed by atoms with Crippen LogP contribution in [0.25, 0.3) is 0 Å². The van der Waals surface area contributed by atoms with Gasteiger partial charge in [-0.2, -0.15) is 0 Å². The van der Waals surface area contributed by atoms with Crippen LogP contribution in [0.2, 0.25) is 0 Å². The Bertz CT molecular complexity index is 223. The molecule has 0 aromatic carbocycles. The van der Waals surface area contributed by atoms with Gasteiger partial charge < -0.3 is 10.4 Å². The molecule has 0 heterocycles.